The van der Waals surface area contributed by atoms with Gasteiger partial charge in [0.05, 0.1) is 17.6 Å². The van der Waals surface area contributed by atoms with E-state index in [4.69, 9.17) is 0 Å². The molecule has 0 fully saturated rings. The van der Waals surface area contributed by atoms with E-state index in [1.165, 1.54) is 4.88 Å². The second kappa shape index (κ2) is 6.42. The van der Waals surface area contributed by atoms with Gasteiger partial charge in [-0.1, -0.05) is 0 Å². The van der Waals surface area contributed by atoms with Crippen LogP contribution < -0.4 is 5.32 Å². The van der Waals surface area contributed by atoms with E-state index < -0.39 is 0 Å². The van der Waals surface area contributed by atoms with Crippen LogP contribution in [0.5, 0.6) is 0 Å². The van der Waals surface area contributed by atoms with Crippen molar-refractivity contribution in [3.63, 3.8) is 0 Å². The second-order valence-electron chi connectivity index (χ2n) is 6.34. The molecule has 3 aromatic rings. The highest BCUT2D eigenvalue weighted by Crippen LogP contribution is 2.28. The monoisotopic (exact) mass is 353 g/mol. The van der Waals surface area contributed by atoms with Gasteiger partial charge in [0.1, 0.15) is 0 Å². The Morgan fingerprint density at radius 2 is 2.08 bits per heavy atom. The molecule has 2 aromatic heterocycles. The van der Waals surface area contributed by atoms with Gasteiger partial charge < -0.3 is 4.90 Å². The van der Waals surface area contributed by atoms with E-state index in [0.29, 0.717) is 10.7 Å². The predicted octanol–water partition coefficient (Wildman–Crippen LogP) is 2.88. The van der Waals surface area contributed by atoms with Crippen LogP contribution in [0.2, 0.25) is 0 Å². The fraction of sp³-hybridized carbons (Fsp3) is 0.278. The van der Waals surface area contributed by atoms with Crippen LogP contribution in [-0.2, 0) is 13.0 Å². The zero-order chi connectivity index (χ0) is 17.4. The number of nitrogens with one attached hydrogen (secondary N) is 1. The minimum atomic E-state index is -0.136. The summed E-state index contributed by atoms with van der Waals surface area (Å²) in [6.45, 7) is 3.91. The van der Waals surface area contributed by atoms with Gasteiger partial charge >= 0.3 is 0 Å². The van der Waals surface area contributed by atoms with Crippen molar-refractivity contribution in [3.05, 3.63) is 58.4 Å². The van der Waals surface area contributed by atoms with Crippen LogP contribution in [0.25, 0.3) is 5.69 Å². The molecule has 7 heteroatoms. The predicted molar refractivity (Wildman–Crippen MR) is 98.4 cm³/mol. The van der Waals surface area contributed by atoms with Crippen molar-refractivity contribution >= 4 is 22.4 Å². The Hall–Kier alpha value is -2.51. The molecule has 128 valence electrons. The lowest BCUT2D eigenvalue weighted by molar-refractivity contribution is 0.102. The largest absolute Gasteiger partial charge is 0.301 e. The summed E-state index contributed by atoms with van der Waals surface area (Å²) in [5, 5.41) is 7.87. The number of amides is 1. The van der Waals surface area contributed by atoms with Crippen molar-refractivity contribution in [2.45, 2.75) is 19.9 Å². The standard InChI is InChI=1S/C18H19N5OS/c1-12-9-19-23(10-12)14-5-3-13(4-6-14)17(24)21-18-20-15-7-8-22(2)11-16(15)25-18/h3-6,9-10H,7-8,11H2,1-2H3,(H,20,21,24). The summed E-state index contributed by atoms with van der Waals surface area (Å²) in [5.41, 5.74) is 3.75. The molecule has 1 amide bonds. The SMILES string of the molecule is Cc1cnn(-c2ccc(C(=O)Nc3nc4c(s3)CN(C)CC4)cc2)c1. The van der Waals surface area contributed by atoms with Crippen LogP contribution in [0.15, 0.2) is 36.7 Å². The number of aromatic nitrogens is 3. The van der Waals surface area contributed by atoms with Crippen molar-refractivity contribution in [1.29, 1.82) is 0 Å². The first-order valence-electron chi connectivity index (χ1n) is 8.19. The van der Waals surface area contributed by atoms with Crippen LogP contribution in [0.1, 0.15) is 26.5 Å². The van der Waals surface area contributed by atoms with Gasteiger partial charge in [0.2, 0.25) is 0 Å². The van der Waals surface area contributed by atoms with Crippen LogP contribution in [0.3, 0.4) is 0 Å². The molecule has 1 aliphatic rings. The third-order valence-electron chi connectivity index (χ3n) is 4.25. The highest BCUT2D eigenvalue weighted by atomic mass is 32.1. The van der Waals surface area contributed by atoms with Crippen LogP contribution in [0.4, 0.5) is 5.13 Å². The number of rotatable bonds is 3. The van der Waals surface area contributed by atoms with E-state index in [-0.39, 0.29) is 5.91 Å². The lowest BCUT2D eigenvalue weighted by atomic mass is 10.2. The minimum Gasteiger partial charge on any atom is -0.301 e. The Morgan fingerprint density at radius 1 is 1.28 bits per heavy atom. The summed E-state index contributed by atoms with van der Waals surface area (Å²) < 4.78 is 1.79. The minimum absolute atomic E-state index is 0.136. The molecular formula is C18H19N5OS. The fourth-order valence-corrected chi connectivity index (χ4v) is 3.95. The third-order valence-corrected chi connectivity index (χ3v) is 5.25. The Bertz CT molecular complexity index is 912. The molecule has 4 rings (SSSR count). The molecule has 0 atom stereocenters. The lowest BCUT2D eigenvalue weighted by Crippen LogP contribution is -2.25. The van der Waals surface area contributed by atoms with Crippen LogP contribution in [-0.4, -0.2) is 39.2 Å². The number of anilines is 1. The summed E-state index contributed by atoms with van der Waals surface area (Å²) in [5.74, 6) is -0.136. The maximum atomic E-state index is 12.5. The molecular weight excluding hydrogens is 334 g/mol. The highest BCUT2D eigenvalue weighted by molar-refractivity contribution is 7.15. The Morgan fingerprint density at radius 3 is 2.80 bits per heavy atom. The quantitative estimate of drug-likeness (QED) is 0.786. The van der Waals surface area contributed by atoms with Crippen molar-refractivity contribution in [2.75, 3.05) is 18.9 Å². The van der Waals surface area contributed by atoms with Crippen molar-refractivity contribution in [3.8, 4) is 5.69 Å². The summed E-state index contributed by atoms with van der Waals surface area (Å²) in [6, 6.07) is 7.40. The number of carbonyl (C=O) groups is 1. The van der Waals surface area contributed by atoms with Gasteiger partial charge in [-0.25, -0.2) is 9.67 Å². The molecule has 3 heterocycles. The molecule has 1 aromatic carbocycles. The molecule has 0 unspecified atom stereocenters. The van der Waals surface area contributed by atoms with E-state index in [9.17, 15) is 4.79 Å². The number of benzene rings is 1. The Balaban J connectivity index is 1.48. The van der Waals surface area contributed by atoms with E-state index in [0.717, 1.165) is 36.5 Å². The van der Waals surface area contributed by atoms with Gasteiger partial charge in [-0.3, -0.25) is 10.1 Å². The first-order valence-corrected chi connectivity index (χ1v) is 9.00. The number of likely N-dealkylation sites (N-methyl/N-ethyl adjacent to an activating group) is 1. The van der Waals surface area contributed by atoms with Gasteiger partial charge in [-0.05, 0) is 43.8 Å². The van der Waals surface area contributed by atoms with Gasteiger partial charge in [0.25, 0.3) is 5.91 Å². The number of nitrogens with zero attached hydrogens (tertiary/aromatic N) is 4. The van der Waals surface area contributed by atoms with Crippen molar-refractivity contribution in [1.82, 2.24) is 19.7 Å². The van der Waals surface area contributed by atoms with Crippen molar-refractivity contribution in [2.24, 2.45) is 0 Å². The lowest BCUT2D eigenvalue weighted by Gasteiger charge is -2.20. The molecule has 0 saturated carbocycles. The van der Waals surface area contributed by atoms with E-state index >= 15 is 0 Å². The zero-order valence-electron chi connectivity index (χ0n) is 14.2. The maximum Gasteiger partial charge on any atom is 0.257 e. The molecule has 0 saturated heterocycles. The fourth-order valence-electron chi connectivity index (χ4n) is 2.87. The van der Waals surface area contributed by atoms with Gasteiger partial charge in [-0.15, -0.1) is 11.3 Å². The molecule has 1 N–H and O–H groups in total. The van der Waals surface area contributed by atoms with E-state index in [2.05, 4.69) is 27.3 Å². The summed E-state index contributed by atoms with van der Waals surface area (Å²) in [4.78, 5) is 20.5. The number of carbonyl (C=O) groups excluding carboxylic acids is 1. The number of hydrogen-bond acceptors (Lipinski definition) is 5. The van der Waals surface area contributed by atoms with Crippen LogP contribution in [0, 0.1) is 6.92 Å². The Labute approximate surface area is 150 Å². The van der Waals surface area contributed by atoms with E-state index in [1.807, 2.05) is 43.6 Å². The molecule has 6 nitrogen and oxygen atoms in total. The molecule has 1 aliphatic heterocycles. The normalized spacial score (nSPS) is 14.3. The molecule has 25 heavy (non-hydrogen) atoms. The smallest absolute Gasteiger partial charge is 0.257 e. The number of thiazole rings is 1. The number of hydrogen-bond donors (Lipinski definition) is 1. The average molecular weight is 353 g/mol. The third kappa shape index (κ3) is 3.33. The topological polar surface area (TPSA) is 63.1 Å². The average Bonchev–Trinajstić information content (AvgIpc) is 3.20. The van der Waals surface area contributed by atoms with E-state index in [1.54, 1.807) is 16.0 Å². The van der Waals surface area contributed by atoms with Gasteiger partial charge in [0, 0.05) is 36.1 Å². The molecule has 0 bridgehead atoms. The molecule has 0 aliphatic carbocycles. The Kier molecular flexibility index (Phi) is 4.10. The maximum absolute atomic E-state index is 12.5. The summed E-state index contributed by atoms with van der Waals surface area (Å²) >= 11 is 1.57. The number of fused-ring (bicyclic) bond motifs is 1. The van der Waals surface area contributed by atoms with Gasteiger partial charge in [-0.2, -0.15) is 5.10 Å². The summed E-state index contributed by atoms with van der Waals surface area (Å²) in [6.07, 6.45) is 4.70. The molecule has 0 spiro atoms. The zero-order valence-corrected chi connectivity index (χ0v) is 15.0. The molecule has 0 radical (unpaired) electrons. The van der Waals surface area contributed by atoms with Crippen molar-refractivity contribution < 1.29 is 4.79 Å². The number of aryl methyl sites for hydroxylation is 1. The summed E-state index contributed by atoms with van der Waals surface area (Å²) in [7, 11) is 2.10. The van der Waals surface area contributed by atoms with Gasteiger partial charge in [0.15, 0.2) is 5.13 Å². The first-order chi connectivity index (χ1) is 12.1. The first kappa shape index (κ1) is 16.0. The van der Waals surface area contributed by atoms with Crippen LogP contribution >= 0.6 is 11.3 Å². The highest BCUT2D eigenvalue weighted by Gasteiger charge is 2.19. The second-order valence-corrected chi connectivity index (χ2v) is 7.42.